The molecule has 0 aromatic rings. The molecule has 6 saturated heterocycles. The van der Waals surface area contributed by atoms with E-state index in [-0.39, 0.29) is 0 Å². The molecule has 9 aliphatic rings. The largest absolute Gasteiger partial charge is 0.147 e. The highest BCUT2D eigenvalue weighted by Crippen LogP contribution is 2.75. The van der Waals surface area contributed by atoms with Gasteiger partial charge in [0.1, 0.15) is 13.4 Å². The van der Waals surface area contributed by atoms with E-state index in [2.05, 4.69) is 0 Å². The minimum Gasteiger partial charge on any atom is -0.0708 e. The van der Waals surface area contributed by atoms with Gasteiger partial charge in [-0.05, 0) is 84.7 Å². The Morgan fingerprint density at radius 1 is 0.458 bits per heavy atom. The maximum absolute atomic E-state index is 1.67. The molecule has 3 aliphatic carbocycles. The van der Waals surface area contributed by atoms with Gasteiger partial charge in [0.05, 0.1) is 0 Å². The Kier molecular flexibility index (Phi) is 2.67. The molecule has 2 heteroatoms. The average Bonchev–Trinajstić information content (AvgIpc) is 2.57. The van der Waals surface area contributed by atoms with Crippen LogP contribution in [0.5, 0.6) is 0 Å². The van der Waals surface area contributed by atoms with Crippen molar-refractivity contribution in [2.24, 2.45) is 35.5 Å². The summed E-state index contributed by atoms with van der Waals surface area (Å²) in [6, 6.07) is 0. The van der Waals surface area contributed by atoms with Crippen molar-refractivity contribution in [1.82, 2.24) is 0 Å². The molecule has 6 atom stereocenters. The molecule has 2 unspecified atom stereocenters. The van der Waals surface area contributed by atoms with Crippen LogP contribution in [0.2, 0.25) is 35.9 Å². The Balaban J connectivity index is 1.19. The first-order chi connectivity index (χ1) is 11.7. The zero-order valence-electron chi connectivity index (χ0n) is 15.5. The maximum Gasteiger partial charge on any atom is 0.147 e. The molecule has 9 fully saturated rings. The summed E-state index contributed by atoms with van der Waals surface area (Å²) in [6.07, 6.45) is 23.1. The van der Waals surface area contributed by atoms with E-state index >= 15 is 0 Å². The van der Waals surface area contributed by atoms with Gasteiger partial charge in [0, 0.05) is 0 Å². The minimum absolute atomic E-state index is 0.854. The van der Waals surface area contributed by atoms with Crippen LogP contribution in [0, 0.1) is 35.5 Å². The van der Waals surface area contributed by atoms with Gasteiger partial charge in [0.2, 0.25) is 0 Å². The van der Waals surface area contributed by atoms with Crippen molar-refractivity contribution in [3.8, 4) is 0 Å². The van der Waals surface area contributed by atoms with E-state index in [0.717, 1.165) is 34.3 Å². The van der Waals surface area contributed by atoms with Gasteiger partial charge in [-0.25, -0.2) is 0 Å². The average molecular weight is 320 g/mol. The van der Waals surface area contributed by atoms with Gasteiger partial charge in [-0.15, -0.1) is 0 Å². The molecule has 2 spiro atoms. The third-order valence-corrected chi connectivity index (χ3v) is 11.6. The van der Waals surface area contributed by atoms with Gasteiger partial charge in [0.15, 0.2) is 0 Å². The molecule has 0 N–H and O–H groups in total. The zero-order chi connectivity index (χ0) is 15.5. The first kappa shape index (κ1) is 14.2. The van der Waals surface area contributed by atoms with Gasteiger partial charge in [-0.2, -0.15) is 0 Å². The van der Waals surface area contributed by atoms with E-state index in [9.17, 15) is 0 Å². The lowest BCUT2D eigenvalue weighted by Gasteiger charge is -2.68. The molecule has 24 heavy (non-hydrogen) atoms. The molecule has 0 aromatic heterocycles. The van der Waals surface area contributed by atoms with E-state index < -0.39 is 0 Å². The van der Waals surface area contributed by atoms with Gasteiger partial charge in [-0.1, -0.05) is 51.0 Å². The van der Waals surface area contributed by atoms with Crippen LogP contribution in [-0.2, 0) is 0 Å². The summed E-state index contributed by atoms with van der Waals surface area (Å²) >= 11 is 0. The van der Waals surface area contributed by atoms with E-state index in [0.29, 0.717) is 0 Å². The normalized spacial score (nSPS) is 60.0. The molecular formula is C22H34B2. The van der Waals surface area contributed by atoms with Crippen LogP contribution in [0.15, 0.2) is 0 Å². The Bertz CT molecular complexity index is 448. The van der Waals surface area contributed by atoms with E-state index in [1.165, 1.54) is 25.3 Å². The molecule has 0 aromatic carbocycles. The number of rotatable bonds is 0. The first-order valence-electron chi connectivity index (χ1n) is 11.7. The van der Waals surface area contributed by atoms with E-state index in [1.807, 2.05) is 0 Å². The predicted octanol–water partition coefficient (Wildman–Crippen LogP) is 6.15. The molecule has 8 bridgehead atoms. The second kappa shape index (κ2) is 4.51. The second-order valence-corrected chi connectivity index (χ2v) is 12.1. The van der Waals surface area contributed by atoms with Crippen LogP contribution in [0.4, 0.5) is 0 Å². The summed E-state index contributed by atoms with van der Waals surface area (Å²) in [5.41, 5.74) is 0. The SMILES string of the molecule is C1B2C[C@H]3CC(C[C@@H]1C3)C21CCC2(CC1)B1C[C@@H]3CC2C[C@H](C1)C3. The van der Waals surface area contributed by atoms with Crippen LogP contribution < -0.4 is 0 Å². The molecule has 0 nitrogen and oxygen atoms in total. The zero-order valence-corrected chi connectivity index (χ0v) is 15.5. The first-order valence-corrected chi connectivity index (χ1v) is 11.7. The monoisotopic (exact) mass is 320 g/mol. The van der Waals surface area contributed by atoms with Crippen LogP contribution >= 0.6 is 0 Å². The Morgan fingerprint density at radius 2 is 0.792 bits per heavy atom. The third kappa shape index (κ3) is 1.62. The summed E-state index contributed by atoms with van der Waals surface area (Å²) in [4.78, 5) is 0. The van der Waals surface area contributed by atoms with Crippen molar-refractivity contribution in [3.63, 3.8) is 0 Å². The highest BCUT2D eigenvalue weighted by atomic mass is 14.6. The lowest BCUT2D eigenvalue weighted by Crippen LogP contribution is -2.59. The smallest absolute Gasteiger partial charge is 0.0708 e. The number of hydrogen-bond donors (Lipinski definition) is 0. The van der Waals surface area contributed by atoms with Crippen molar-refractivity contribution < 1.29 is 0 Å². The molecule has 128 valence electrons. The van der Waals surface area contributed by atoms with Gasteiger partial charge < -0.3 is 0 Å². The van der Waals surface area contributed by atoms with Crippen LogP contribution in [0.25, 0.3) is 0 Å². The molecule has 9 rings (SSSR count). The standard InChI is InChI=1S/C22H34B2/c1-2-22(20-9-17-6-18(10-20)14-24(22)13-17)4-3-21(1)19-7-15-5-16(8-19)12-23(21)11-15/h15-20H,1-14H2/t15-,16+,17-,18+,19?,20?,21?,22?. The summed E-state index contributed by atoms with van der Waals surface area (Å²) in [7, 11) is 0. The van der Waals surface area contributed by atoms with Crippen molar-refractivity contribution >= 4 is 13.4 Å². The molecule has 0 radical (unpaired) electrons. The molecule has 3 saturated carbocycles. The Hall–Kier alpha value is 0.130. The number of hydrogen-bond acceptors (Lipinski definition) is 0. The lowest BCUT2D eigenvalue weighted by atomic mass is 9.11. The molecule has 6 aliphatic heterocycles. The third-order valence-electron chi connectivity index (χ3n) is 11.6. The maximum atomic E-state index is 1.67. The van der Waals surface area contributed by atoms with Crippen LogP contribution in [0.3, 0.4) is 0 Å². The van der Waals surface area contributed by atoms with Gasteiger partial charge in [-0.3, -0.25) is 0 Å². The topological polar surface area (TPSA) is 0 Å². The Morgan fingerprint density at radius 3 is 1.08 bits per heavy atom. The summed E-state index contributed by atoms with van der Waals surface area (Å²) in [5, 5.41) is 1.71. The van der Waals surface area contributed by atoms with Crippen molar-refractivity contribution in [3.05, 3.63) is 0 Å². The summed E-state index contributed by atoms with van der Waals surface area (Å²) in [5.74, 6) is 6.99. The molecular weight excluding hydrogens is 286 g/mol. The summed E-state index contributed by atoms with van der Waals surface area (Å²) in [6.45, 7) is 2.34. The fourth-order valence-corrected chi connectivity index (χ4v) is 11.1. The van der Waals surface area contributed by atoms with E-state index in [4.69, 9.17) is 0 Å². The fraction of sp³-hybridized carbons (Fsp3) is 1.00. The summed E-state index contributed by atoms with van der Waals surface area (Å²) < 4.78 is 0. The molecule has 6 heterocycles. The van der Waals surface area contributed by atoms with Crippen molar-refractivity contribution in [2.75, 3.05) is 0 Å². The van der Waals surface area contributed by atoms with Crippen LogP contribution in [-0.4, -0.2) is 13.4 Å². The second-order valence-electron chi connectivity index (χ2n) is 12.1. The predicted molar refractivity (Wildman–Crippen MR) is 103 cm³/mol. The Labute approximate surface area is 149 Å². The van der Waals surface area contributed by atoms with Gasteiger partial charge in [0.25, 0.3) is 0 Å². The fourth-order valence-electron chi connectivity index (χ4n) is 11.1. The van der Waals surface area contributed by atoms with Crippen molar-refractivity contribution in [2.45, 2.75) is 100 Å². The quantitative estimate of drug-likeness (QED) is 0.470. The molecule has 0 amide bonds. The lowest BCUT2D eigenvalue weighted by molar-refractivity contribution is 0.0485. The minimum atomic E-state index is 0.854. The van der Waals surface area contributed by atoms with Crippen molar-refractivity contribution in [1.29, 1.82) is 0 Å². The highest BCUT2D eigenvalue weighted by molar-refractivity contribution is 6.64. The highest BCUT2D eigenvalue weighted by Gasteiger charge is 2.64. The van der Waals surface area contributed by atoms with E-state index in [1.54, 1.807) is 89.5 Å². The van der Waals surface area contributed by atoms with Crippen LogP contribution in [0.1, 0.15) is 64.2 Å². The van der Waals surface area contributed by atoms with Gasteiger partial charge >= 0.3 is 0 Å².